The first kappa shape index (κ1) is 13.9. The molecule has 81 valence electrons. The van der Waals surface area contributed by atoms with Crippen LogP contribution in [0.5, 0.6) is 5.75 Å². The Labute approximate surface area is 122 Å². The average Bonchev–Trinajstić information content (AvgIpc) is 2.25. The van der Waals surface area contributed by atoms with Crippen LogP contribution in [-0.4, -0.2) is 46.2 Å². The minimum atomic E-state index is -0.0119. The number of hydrogen-bond donors (Lipinski definition) is 1. The molecule has 1 aromatic carbocycles. The molecule has 4 heteroatoms. The number of phenols is 1. The van der Waals surface area contributed by atoms with E-state index in [0.29, 0.717) is 0 Å². The number of carbonyl (C=O) groups is 1. The van der Waals surface area contributed by atoms with Gasteiger partial charge in [-0.15, -0.1) is 0 Å². The maximum absolute atomic E-state index is 11.1. The summed E-state index contributed by atoms with van der Waals surface area (Å²) in [5.74, 6) is 0.202. The molecule has 0 aromatic heterocycles. The van der Waals surface area contributed by atoms with Crippen LogP contribution in [0, 0.1) is 0 Å². The molecule has 0 saturated carbocycles. The minimum absolute atomic E-state index is 0. The summed E-state index contributed by atoms with van der Waals surface area (Å²) in [6.45, 7) is 1.85. The van der Waals surface area contributed by atoms with Crippen molar-refractivity contribution in [1.29, 1.82) is 0 Å². The van der Waals surface area contributed by atoms with Crippen LogP contribution >= 0.6 is 0 Å². The van der Waals surface area contributed by atoms with Crippen molar-refractivity contribution >= 4 is 46.7 Å². The fraction of sp³-hybridized carbons (Fsp3) is 0.0769. The Morgan fingerprint density at radius 3 is 2.35 bits per heavy atom. The van der Waals surface area contributed by atoms with E-state index in [4.69, 9.17) is 5.11 Å². The second kappa shape index (κ2) is 5.96. The summed E-state index contributed by atoms with van der Waals surface area (Å²) < 4.78 is 0. The van der Waals surface area contributed by atoms with Crippen molar-refractivity contribution in [1.82, 2.24) is 0 Å². The predicted octanol–water partition coefficient (Wildman–Crippen LogP) is 2.17. The van der Waals surface area contributed by atoms with Gasteiger partial charge in [0, 0.05) is 29.6 Å². The van der Waals surface area contributed by atoms with Crippen molar-refractivity contribution in [2.45, 2.75) is 6.92 Å². The van der Waals surface area contributed by atoms with E-state index in [-0.39, 0.29) is 41.1 Å². The zero-order chi connectivity index (χ0) is 11.5. The smallest absolute Gasteiger partial charge is 0.179 e. The number of aliphatic imine (C=N–C) groups is 1. The number of benzene rings is 1. The quantitative estimate of drug-likeness (QED) is 0.600. The average molecular weight is 236 g/mol. The normalized spacial score (nSPS) is 16.6. The molecule has 0 heterocycles. The standard InChI is InChI=1S/C13H11NO2.Na/c1-9-8-12(16)6-7-13(9)14-10-2-4-11(15)5-3-10;/h2-8,15H,1H3;. The number of ketones is 1. The molecule has 0 bridgehead atoms. The van der Waals surface area contributed by atoms with Crippen molar-refractivity contribution in [3.05, 3.63) is 48.1 Å². The minimum Gasteiger partial charge on any atom is -0.508 e. The SMILES string of the molecule is CC1=CC(=O)C=CC1=Nc1ccc(O)cc1.[Na]. The number of phenolic OH excluding ortho intramolecular Hbond substituents is 1. The van der Waals surface area contributed by atoms with Crippen LogP contribution < -0.4 is 0 Å². The van der Waals surface area contributed by atoms with Crippen LogP contribution in [0.2, 0.25) is 0 Å². The molecule has 0 amide bonds. The third kappa shape index (κ3) is 3.66. The van der Waals surface area contributed by atoms with Gasteiger partial charge in [0.15, 0.2) is 5.78 Å². The van der Waals surface area contributed by atoms with Gasteiger partial charge in [0.2, 0.25) is 0 Å². The fourth-order valence-electron chi connectivity index (χ4n) is 1.42. The summed E-state index contributed by atoms with van der Waals surface area (Å²) in [7, 11) is 0. The molecule has 0 atom stereocenters. The van der Waals surface area contributed by atoms with E-state index in [1.807, 2.05) is 6.92 Å². The molecule has 0 unspecified atom stereocenters. The van der Waals surface area contributed by atoms with Gasteiger partial charge >= 0.3 is 0 Å². The molecule has 3 nitrogen and oxygen atoms in total. The number of rotatable bonds is 1. The summed E-state index contributed by atoms with van der Waals surface area (Å²) in [6.07, 6.45) is 4.75. The topological polar surface area (TPSA) is 49.7 Å². The van der Waals surface area contributed by atoms with E-state index >= 15 is 0 Å². The first-order valence-electron chi connectivity index (χ1n) is 4.93. The molecular weight excluding hydrogens is 225 g/mol. The first-order chi connectivity index (χ1) is 7.65. The van der Waals surface area contributed by atoms with E-state index < -0.39 is 0 Å². The van der Waals surface area contributed by atoms with Crippen LogP contribution in [0.25, 0.3) is 0 Å². The van der Waals surface area contributed by atoms with Crippen molar-refractivity contribution in [2.75, 3.05) is 0 Å². The van der Waals surface area contributed by atoms with Crippen LogP contribution in [0.15, 0.2) is 53.1 Å². The molecule has 0 spiro atoms. The van der Waals surface area contributed by atoms with Crippen molar-refractivity contribution in [2.24, 2.45) is 4.99 Å². The van der Waals surface area contributed by atoms with Crippen LogP contribution in [0.1, 0.15) is 6.92 Å². The molecule has 17 heavy (non-hydrogen) atoms. The van der Waals surface area contributed by atoms with E-state index in [0.717, 1.165) is 17.0 Å². The van der Waals surface area contributed by atoms with Gasteiger partial charge in [-0.25, -0.2) is 4.99 Å². The van der Waals surface area contributed by atoms with Gasteiger partial charge < -0.3 is 5.11 Å². The van der Waals surface area contributed by atoms with E-state index in [1.165, 1.54) is 6.08 Å². The van der Waals surface area contributed by atoms with Crippen LogP contribution in [0.4, 0.5) is 5.69 Å². The number of aromatic hydroxyl groups is 1. The molecule has 1 radical (unpaired) electrons. The van der Waals surface area contributed by atoms with Gasteiger partial charge in [-0.1, -0.05) is 0 Å². The second-order valence-corrected chi connectivity index (χ2v) is 3.58. The van der Waals surface area contributed by atoms with Gasteiger partial charge in [0.25, 0.3) is 0 Å². The molecule has 2 rings (SSSR count). The number of allylic oxidation sites excluding steroid dienone is 4. The maximum Gasteiger partial charge on any atom is 0.179 e. The molecule has 1 N–H and O–H groups in total. The molecule has 1 aliphatic rings. The largest absolute Gasteiger partial charge is 0.508 e. The van der Waals surface area contributed by atoms with Gasteiger partial charge in [0.1, 0.15) is 5.75 Å². The Balaban J connectivity index is 0.00000144. The van der Waals surface area contributed by atoms with E-state index in [9.17, 15) is 4.79 Å². The summed E-state index contributed by atoms with van der Waals surface area (Å²) in [4.78, 5) is 15.4. The van der Waals surface area contributed by atoms with Gasteiger partial charge in [-0.2, -0.15) is 0 Å². The summed E-state index contributed by atoms with van der Waals surface area (Å²) in [5, 5.41) is 9.13. The summed E-state index contributed by atoms with van der Waals surface area (Å²) >= 11 is 0. The molecule has 0 fully saturated rings. The Morgan fingerprint density at radius 1 is 1.12 bits per heavy atom. The molecule has 0 saturated heterocycles. The Morgan fingerprint density at radius 2 is 1.76 bits per heavy atom. The predicted molar refractivity (Wildman–Crippen MR) is 68.9 cm³/mol. The molecule has 0 aliphatic heterocycles. The zero-order valence-corrected chi connectivity index (χ0v) is 11.8. The number of nitrogens with zero attached hydrogens (tertiary/aromatic N) is 1. The molecular formula is C13H11NNaO2. The number of hydrogen-bond acceptors (Lipinski definition) is 3. The second-order valence-electron chi connectivity index (χ2n) is 3.58. The Hall–Kier alpha value is -1.16. The number of carbonyl (C=O) groups excluding carboxylic acids is 1. The first-order valence-corrected chi connectivity index (χ1v) is 4.93. The monoisotopic (exact) mass is 236 g/mol. The van der Waals surface area contributed by atoms with E-state index in [1.54, 1.807) is 36.4 Å². The van der Waals surface area contributed by atoms with E-state index in [2.05, 4.69) is 4.99 Å². The van der Waals surface area contributed by atoms with Gasteiger partial charge in [0.05, 0.1) is 11.4 Å². The third-order valence-corrected chi connectivity index (χ3v) is 2.27. The summed E-state index contributed by atoms with van der Waals surface area (Å²) in [5.41, 5.74) is 2.37. The maximum atomic E-state index is 11.1. The van der Waals surface area contributed by atoms with Crippen molar-refractivity contribution < 1.29 is 9.90 Å². The summed E-state index contributed by atoms with van der Waals surface area (Å²) in [6, 6.07) is 6.60. The Kier molecular flexibility index (Phi) is 4.87. The molecule has 1 aliphatic carbocycles. The fourth-order valence-corrected chi connectivity index (χ4v) is 1.42. The van der Waals surface area contributed by atoms with Crippen LogP contribution in [0.3, 0.4) is 0 Å². The Bertz CT molecular complexity index is 513. The van der Waals surface area contributed by atoms with Crippen molar-refractivity contribution in [3.63, 3.8) is 0 Å². The van der Waals surface area contributed by atoms with Gasteiger partial charge in [-0.05, 0) is 55.0 Å². The van der Waals surface area contributed by atoms with Crippen LogP contribution in [-0.2, 0) is 4.79 Å². The zero-order valence-electron chi connectivity index (χ0n) is 9.84. The van der Waals surface area contributed by atoms with Crippen molar-refractivity contribution in [3.8, 4) is 5.75 Å². The molecule has 1 aromatic rings. The third-order valence-electron chi connectivity index (χ3n) is 2.27. The van der Waals surface area contributed by atoms with Gasteiger partial charge in [-0.3, -0.25) is 4.79 Å².